The molecule has 0 saturated carbocycles. The lowest BCUT2D eigenvalue weighted by Gasteiger charge is -2.11. The summed E-state index contributed by atoms with van der Waals surface area (Å²) < 4.78 is 52.4. The summed E-state index contributed by atoms with van der Waals surface area (Å²) >= 11 is 0. The lowest BCUT2D eigenvalue weighted by Crippen LogP contribution is -2.13. The first kappa shape index (κ1) is 19.3. The second kappa shape index (κ2) is 7.43. The molecule has 0 saturated heterocycles. The van der Waals surface area contributed by atoms with E-state index in [2.05, 4.69) is 15.1 Å². The molecular weight excluding hydrogens is 399 g/mol. The van der Waals surface area contributed by atoms with E-state index in [1.165, 1.54) is 6.20 Å². The van der Waals surface area contributed by atoms with Crippen LogP contribution in [0.5, 0.6) is 11.8 Å². The Bertz CT molecular complexity index is 1160. The maximum Gasteiger partial charge on any atom is 0.232 e. The van der Waals surface area contributed by atoms with Crippen LogP contribution < -0.4 is 9.47 Å². The van der Waals surface area contributed by atoms with E-state index in [1.54, 1.807) is 19.2 Å². The third-order valence-corrected chi connectivity index (χ3v) is 6.17. The van der Waals surface area contributed by atoms with Crippen molar-refractivity contribution >= 4 is 9.84 Å². The zero-order chi connectivity index (χ0) is 20.6. The number of halogens is 1. The number of nitrogens with zero attached hydrogens (tertiary/aromatic N) is 4. The van der Waals surface area contributed by atoms with Gasteiger partial charge in [0.25, 0.3) is 0 Å². The second-order valence-electron chi connectivity index (χ2n) is 6.67. The van der Waals surface area contributed by atoms with Gasteiger partial charge in [0.15, 0.2) is 9.84 Å². The minimum atomic E-state index is -3.93. The van der Waals surface area contributed by atoms with E-state index in [0.717, 1.165) is 18.0 Å². The molecular formula is C19H19FN4O4S. The van der Waals surface area contributed by atoms with Crippen molar-refractivity contribution in [3.05, 3.63) is 48.2 Å². The molecule has 0 fully saturated rings. The van der Waals surface area contributed by atoms with Crippen LogP contribution in [0.25, 0.3) is 11.3 Å². The standard InChI is InChI=1S/C19H19FN4O4S/c1-3-27-19-17(7-14(20)9-22-19)29(25,26)11-13-6-15-16-4-5-23-24(16)12(2)10-28-18(15)21-8-13/h4-9,12H,3,10-11H2,1-2H3/t12-/m0/s1. The fourth-order valence-corrected chi connectivity index (χ4v) is 4.62. The largest absolute Gasteiger partial charge is 0.477 e. The molecule has 0 radical (unpaired) electrons. The van der Waals surface area contributed by atoms with E-state index in [-0.39, 0.29) is 29.2 Å². The molecule has 0 aliphatic carbocycles. The third-order valence-electron chi connectivity index (χ3n) is 4.49. The van der Waals surface area contributed by atoms with Gasteiger partial charge in [-0.1, -0.05) is 0 Å². The lowest BCUT2D eigenvalue weighted by molar-refractivity contribution is 0.252. The van der Waals surface area contributed by atoms with Crippen molar-refractivity contribution in [1.29, 1.82) is 0 Å². The van der Waals surface area contributed by atoms with Crippen LogP contribution in [0.2, 0.25) is 0 Å². The normalized spacial score (nSPS) is 15.8. The van der Waals surface area contributed by atoms with Crippen molar-refractivity contribution in [3.63, 3.8) is 0 Å². The van der Waals surface area contributed by atoms with Crippen LogP contribution in [0.1, 0.15) is 25.5 Å². The molecule has 0 unspecified atom stereocenters. The zero-order valence-corrected chi connectivity index (χ0v) is 16.7. The van der Waals surface area contributed by atoms with Crippen molar-refractivity contribution in [3.8, 4) is 23.0 Å². The molecule has 4 rings (SSSR count). The van der Waals surface area contributed by atoms with Gasteiger partial charge >= 0.3 is 0 Å². The molecule has 0 N–H and O–H groups in total. The zero-order valence-electron chi connectivity index (χ0n) is 15.9. The van der Waals surface area contributed by atoms with Gasteiger partial charge in [0.05, 0.1) is 35.9 Å². The number of pyridine rings is 2. The van der Waals surface area contributed by atoms with Crippen LogP contribution in [0, 0.1) is 5.82 Å². The maximum atomic E-state index is 13.7. The summed E-state index contributed by atoms with van der Waals surface area (Å²) in [5.41, 5.74) is 1.88. The van der Waals surface area contributed by atoms with Crippen molar-refractivity contribution < 1.29 is 22.3 Å². The average Bonchev–Trinajstić information content (AvgIpc) is 3.13. The van der Waals surface area contributed by atoms with Gasteiger partial charge < -0.3 is 9.47 Å². The number of rotatable bonds is 5. The number of hydrogen-bond donors (Lipinski definition) is 0. The van der Waals surface area contributed by atoms with Gasteiger partial charge in [0.1, 0.15) is 17.3 Å². The first-order valence-corrected chi connectivity index (χ1v) is 10.7. The summed E-state index contributed by atoms with van der Waals surface area (Å²) in [6.45, 7) is 4.28. The number of ether oxygens (including phenoxy) is 2. The Morgan fingerprint density at radius 1 is 1.31 bits per heavy atom. The summed E-state index contributed by atoms with van der Waals surface area (Å²) in [5.74, 6) is -0.841. The molecule has 152 valence electrons. The molecule has 1 aliphatic rings. The van der Waals surface area contributed by atoms with Crippen molar-refractivity contribution in [2.24, 2.45) is 0 Å². The predicted molar refractivity (Wildman–Crippen MR) is 102 cm³/mol. The molecule has 1 atom stereocenters. The van der Waals surface area contributed by atoms with E-state index in [0.29, 0.717) is 23.6 Å². The van der Waals surface area contributed by atoms with Crippen LogP contribution in [-0.2, 0) is 15.6 Å². The SMILES string of the molecule is CCOc1ncc(F)cc1S(=O)(=O)Cc1cnc2c(c1)-c1ccnn1[C@@H](C)CO2. The van der Waals surface area contributed by atoms with Gasteiger partial charge in [-0.2, -0.15) is 5.10 Å². The number of hydrogen-bond acceptors (Lipinski definition) is 7. The van der Waals surface area contributed by atoms with E-state index < -0.39 is 15.7 Å². The lowest BCUT2D eigenvalue weighted by atomic mass is 10.1. The van der Waals surface area contributed by atoms with E-state index in [1.807, 2.05) is 17.7 Å². The van der Waals surface area contributed by atoms with Crippen molar-refractivity contribution in [2.45, 2.75) is 30.5 Å². The van der Waals surface area contributed by atoms with E-state index >= 15 is 0 Å². The fraction of sp³-hybridized carbons (Fsp3) is 0.316. The molecule has 10 heteroatoms. The smallest absolute Gasteiger partial charge is 0.232 e. The maximum absolute atomic E-state index is 13.7. The molecule has 0 spiro atoms. The van der Waals surface area contributed by atoms with Crippen LogP contribution in [0.3, 0.4) is 0 Å². The molecule has 4 heterocycles. The minimum Gasteiger partial charge on any atom is -0.477 e. The van der Waals surface area contributed by atoms with E-state index in [9.17, 15) is 12.8 Å². The van der Waals surface area contributed by atoms with Crippen molar-refractivity contribution in [1.82, 2.24) is 19.7 Å². The van der Waals surface area contributed by atoms with Gasteiger partial charge in [0.2, 0.25) is 11.8 Å². The van der Waals surface area contributed by atoms with Gasteiger partial charge in [-0.3, -0.25) is 4.68 Å². The first-order chi connectivity index (χ1) is 13.9. The number of fused-ring (bicyclic) bond motifs is 3. The molecule has 0 amide bonds. The summed E-state index contributed by atoms with van der Waals surface area (Å²) in [4.78, 5) is 7.78. The molecule has 3 aromatic rings. The minimum absolute atomic E-state index is 0.00787. The predicted octanol–water partition coefficient (Wildman–Crippen LogP) is 2.81. The second-order valence-corrected chi connectivity index (χ2v) is 8.62. The summed E-state index contributed by atoms with van der Waals surface area (Å²) in [7, 11) is -3.93. The topological polar surface area (TPSA) is 96.2 Å². The Kier molecular flexibility index (Phi) is 4.95. The molecule has 1 aliphatic heterocycles. The molecule has 0 aromatic carbocycles. The monoisotopic (exact) mass is 418 g/mol. The fourth-order valence-electron chi connectivity index (χ4n) is 3.20. The van der Waals surface area contributed by atoms with Crippen LogP contribution in [0.4, 0.5) is 4.39 Å². The molecule has 29 heavy (non-hydrogen) atoms. The Labute approximate surface area is 167 Å². The Hall–Kier alpha value is -3.01. The van der Waals surface area contributed by atoms with Gasteiger partial charge in [0, 0.05) is 12.4 Å². The Balaban J connectivity index is 1.73. The highest BCUT2D eigenvalue weighted by Crippen LogP contribution is 2.34. The van der Waals surface area contributed by atoms with E-state index in [4.69, 9.17) is 9.47 Å². The van der Waals surface area contributed by atoms with Crippen LogP contribution in [0.15, 0.2) is 41.7 Å². The highest BCUT2D eigenvalue weighted by molar-refractivity contribution is 7.90. The van der Waals surface area contributed by atoms with Crippen molar-refractivity contribution in [2.75, 3.05) is 13.2 Å². The number of sulfone groups is 1. The highest BCUT2D eigenvalue weighted by Gasteiger charge is 2.26. The average molecular weight is 418 g/mol. The van der Waals surface area contributed by atoms with Gasteiger partial charge in [-0.05, 0) is 37.6 Å². The Morgan fingerprint density at radius 2 is 2.14 bits per heavy atom. The Morgan fingerprint density at radius 3 is 2.93 bits per heavy atom. The van der Waals surface area contributed by atoms with Crippen LogP contribution in [-0.4, -0.2) is 41.4 Å². The van der Waals surface area contributed by atoms with Crippen LogP contribution >= 0.6 is 0 Å². The first-order valence-electron chi connectivity index (χ1n) is 9.05. The molecule has 0 bridgehead atoms. The molecule has 8 nitrogen and oxygen atoms in total. The highest BCUT2D eigenvalue weighted by atomic mass is 32.2. The summed E-state index contributed by atoms with van der Waals surface area (Å²) in [6.07, 6.45) is 4.05. The van der Waals surface area contributed by atoms with Gasteiger partial charge in [-0.15, -0.1) is 0 Å². The summed E-state index contributed by atoms with van der Waals surface area (Å²) in [5, 5.41) is 4.31. The third kappa shape index (κ3) is 3.67. The number of aromatic nitrogens is 4. The van der Waals surface area contributed by atoms with Gasteiger partial charge in [-0.25, -0.2) is 22.8 Å². The summed E-state index contributed by atoms with van der Waals surface area (Å²) in [6, 6.07) is 4.46. The molecule has 3 aromatic heterocycles. The quantitative estimate of drug-likeness (QED) is 0.629.